The lowest BCUT2D eigenvalue weighted by molar-refractivity contribution is -0.139. The van der Waals surface area contributed by atoms with Gasteiger partial charge in [0.15, 0.2) is 0 Å². The topological polar surface area (TPSA) is 49.4 Å². The summed E-state index contributed by atoms with van der Waals surface area (Å²) in [6, 6.07) is 8.14. The van der Waals surface area contributed by atoms with Crippen LogP contribution in [0.5, 0.6) is 0 Å². The van der Waals surface area contributed by atoms with Gasteiger partial charge in [0.25, 0.3) is 0 Å². The molecular formula is C23H34N2O2. The molecular weight excluding hydrogens is 336 g/mol. The first-order valence-corrected chi connectivity index (χ1v) is 10.5. The first-order chi connectivity index (χ1) is 12.8. The minimum atomic E-state index is 0.00250. The standard InChI is InChI=1S/C23H34N2O2/c1-23(2,3)19-9-11-20(12-10-19)24-21(26)17-13-15-25(16-14-17)22(27)18-7-5-4-6-8-18/h9-12,17-18H,4-8,13-16H2,1-3H3,(H,24,26). The number of nitrogens with one attached hydrogen (secondary N) is 1. The second-order valence-electron chi connectivity index (χ2n) is 9.25. The zero-order valence-corrected chi connectivity index (χ0v) is 17.1. The van der Waals surface area contributed by atoms with Crippen LogP contribution in [0.4, 0.5) is 5.69 Å². The Bertz CT molecular complexity index is 646. The van der Waals surface area contributed by atoms with Crippen molar-refractivity contribution in [3.05, 3.63) is 29.8 Å². The van der Waals surface area contributed by atoms with Gasteiger partial charge in [-0.25, -0.2) is 0 Å². The van der Waals surface area contributed by atoms with Crippen LogP contribution in [0, 0.1) is 11.8 Å². The molecule has 1 heterocycles. The summed E-state index contributed by atoms with van der Waals surface area (Å²) >= 11 is 0. The Morgan fingerprint density at radius 1 is 0.889 bits per heavy atom. The lowest BCUT2D eigenvalue weighted by atomic mass is 9.87. The molecule has 2 amide bonds. The molecule has 2 aliphatic rings. The molecule has 1 aromatic carbocycles. The number of anilines is 1. The molecule has 27 heavy (non-hydrogen) atoms. The molecule has 0 unspecified atom stereocenters. The maximum absolute atomic E-state index is 12.7. The first-order valence-electron chi connectivity index (χ1n) is 10.5. The molecule has 1 N–H and O–H groups in total. The smallest absolute Gasteiger partial charge is 0.227 e. The number of carbonyl (C=O) groups excluding carboxylic acids is 2. The summed E-state index contributed by atoms with van der Waals surface area (Å²) in [6.45, 7) is 7.99. The van der Waals surface area contributed by atoms with Crippen LogP contribution >= 0.6 is 0 Å². The van der Waals surface area contributed by atoms with Crippen molar-refractivity contribution in [2.24, 2.45) is 11.8 Å². The maximum atomic E-state index is 12.7. The van der Waals surface area contributed by atoms with Crippen LogP contribution in [0.15, 0.2) is 24.3 Å². The van der Waals surface area contributed by atoms with Crippen LogP contribution in [0.3, 0.4) is 0 Å². The molecule has 0 radical (unpaired) electrons. The molecule has 0 atom stereocenters. The predicted octanol–water partition coefficient (Wildman–Crippen LogP) is 4.74. The number of hydrogen-bond acceptors (Lipinski definition) is 2. The Labute approximate surface area is 163 Å². The van der Waals surface area contributed by atoms with Gasteiger partial charge in [0.05, 0.1) is 0 Å². The van der Waals surface area contributed by atoms with Gasteiger partial charge < -0.3 is 10.2 Å². The van der Waals surface area contributed by atoms with Crippen molar-refractivity contribution >= 4 is 17.5 Å². The molecule has 1 aromatic rings. The minimum absolute atomic E-state index is 0.00250. The molecule has 4 heteroatoms. The SMILES string of the molecule is CC(C)(C)c1ccc(NC(=O)C2CCN(C(=O)C3CCCCC3)CC2)cc1. The average molecular weight is 371 g/mol. The van der Waals surface area contributed by atoms with Crippen molar-refractivity contribution in [2.45, 2.75) is 71.1 Å². The van der Waals surface area contributed by atoms with Crippen molar-refractivity contribution in [2.75, 3.05) is 18.4 Å². The van der Waals surface area contributed by atoms with Crippen molar-refractivity contribution in [3.8, 4) is 0 Å². The Morgan fingerprint density at radius 3 is 2.04 bits per heavy atom. The summed E-state index contributed by atoms with van der Waals surface area (Å²) in [7, 11) is 0. The monoisotopic (exact) mass is 370 g/mol. The lowest BCUT2D eigenvalue weighted by Crippen LogP contribution is -2.44. The van der Waals surface area contributed by atoms with Gasteiger partial charge in [-0.05, 0) is 48.8 Å². The van der Waals surface area contributed by atoms with Gasteiger partial charge in [-0.2, -0.15) is 0 Å². The van der Waals surface area contributed by atoms with Crippen LogP contribution < -0.4 is 5.32 Å². The van der Waals surface area contributed by atoms with E-state index in [2.05, 4.69) is 38.2 Å². The van der Waals surface area contributed by atoms with E-state index in [0.29, 0.717) is 5.91 Å². The van der Waals surface area contributed by atoms with E-state index < -0.39 is 0 Å². The van der Waals surface area contributed by atoms with Gasteiger partial charge in [-0.15, -0.1) is 0 Å². The summed E-state index contributed by atoms with van der Waals surface area (Å²) in [4.78, 5) is 27.3. The number of rotatable bonds is 3. The van der Waals surface area contributed by atoms with Crippen molar-refractivity contribution in [1.82, 2.24) is 4.90 Å². The largest absolute Gasteiger partial charge is 0.342 e. The van der Waals surface area contributed by atoms with Crippen LogP contribution in [-0.4, -0.2) is 29.8 Å². The third kappa shape index (κ3) is 5.12. The molecule has 0 aromatic heterocycles. The highest BCUT2D eigenvalue weighted by molar-refractivity contribution is 5.92. The number of carbonyl (C=O) groups is 2. The lowest BCUT2D eigenvalue weighted by Gasteiger charge is -2.34. The number of likely N-dealkylation sites (tertiary alicyclic amines) is 1. The Hall–Kier alpha value is -1.84. The summed E-state index contributed by atoms with van der Waals surface area (Å²) in [5.41, 5.74) is 2.23. The number of nitrogens with zero attached hydrogens (tertiary/aromatic N) is 1. The zero-order chi connectivity index (χ0) is 19.4. The fourth-order valence-electron chi connectivity index (χ4n) is 4.27. The fourth-order valence-corrected chi connectivity index (χ4v) is 4.27. The third-order valence-electron chi connectivity index (χ3n) is 6.15. The van der Waals surface area contributed by atoms with Crippen molar-refractivity contribution in [1.29, 1.82) is 0 Å². The van der Waals surface area contributed by atoms with E-state index in [-0.39, 0.29) is 23.2 Å². The molecule has 4 nitrogen and oxygen atoms in total. The summed E-state index contributed by atoms with van der Waals surface area (Å²) in [5, 5.41) is 3.06. The van der Waals surface area contributed by atoms with Gasteiger partial charge in [-0.1, -0.05) is 52.2 Å². The van der Waals surface area contributed by atoms with Gasteiger partial charge in [0, 0.05) is 30.6 Å². The van der Waals surface area contributed by atoms with Crippen LogP contribution in [0.2, 0.25) is 0 Å². The second kappa shape index (κ2) is 8.45. The van der Waals surface area contributed by atoms with Gasteiger partial charge in [0.1, 0.15) is 0 Å². The number of amides is 2. The average Bonchev–Trinajstić information content (AvgIpc) is 2.68. The number of benzene rings is 1. The zero-order valence-electron chi connectivity index (χ0n) is 17.1. The van der Waals surface area contributed by atoms with Crippen LogP contribution in [-0.2, 0) is 15.0 Å². The molecule has 1 aliphatic carbocycles. The number of piperidine rings is 1. The quantitative estimate of drug-likeness (QED) is 0.835. The van der Waals surface area contributed by atoms with E-state index in [1.165, 1.54) is 24.8 Å². The van der Waals surface area contributed by atoms with E-state index in [4.69, 9.17) is 0 Å². The Balaban J connectivity index is 1.49. The van der Waals surface area contributed by atoms with E-state index in [0.717, 1.165) is 44.5 Å². The third-order valence-corrected chi connectivity index (χ3v) is 6.15. The Morgan fingerprint density at radius 2 is 1.48 bits per heavy atom. The summed E-state index contributed by atoms with van der Waals surface area (Å²) < 4.78 is 0. The van der Waals surface area contributed by atoms with Crippen molar-refractivity contribution in [3.63, 3.8) is 0 Å². The second-order valence-corrected chi connectivity index (χ2v) is 9.25. The summed E-state index contributed by atoms with van der Waals surface area (Å²) in [6.07, 6.45) is 7.26. The molecule has 3 rings (SSSR count). The van der Waals surface area contributed by atoms with Gasteiger partial charge >= 0.3 is 0 Å². The van der Waals surface area contributed by atoms with Gasteiger partial charge in [-0.3, -0.25) is 9.59 Å². The van der Waals surface area contributed by atoms with Crippen LogP contribution in [0.1, 0.15) is 71.3 Å². The van der Waals surface area contributed by atoms with E-state index in [1.54, 1.807) is 0 Å². The van der Waals surface area contributed by atoms with Gasteiger partial charge in [0.2, 0.25) is 11.8 Å². The number of hydrogen-bond donors (Lipinski definition) is 1. The predicted molar refractivity (Wildman–Crippen MR) is 110 cm³/mol. The highest BCUT2D eigenvalue weighted by atomic mass is 16.2. The molecule has 1 saturated carbocycles. The molecule has 0 bridgehead atoms. The molecule has 148 valence electrons. The van der Waals surface area contributed by atoms with Crippen molar-refractivity contribution < 1.29 is 9.59 Å². The van der Waals surface area contributed by atoms with E-state index in [1.807, 2.05) is 17.0 Å². The van der Waals surface area contributed by atoms with E-state index in [9.17, 15) is 9.59 Å². The van der Waals surface area contributed by atoms with Crippen LogP contribution in [0.25, 0.3) is 0 Å². The molecule has 1 aliphatic heterocycles. The molecule has 2 fully saturated rings. The highest BCUT2D eigenvalue weighted by Gasteiger charge is 2.31. The highest BCUT2D eigenvalue weighted by Crippen LogP contribution is 2.28. The maximum Gasteiger partial charge on any atom is 0.227 e. The minimum Gasteiger partial charge on any atom is -0.342 e. The normalized spacial score (nSPS) is 19.7. The van der Waals surface area contributed by atoms with E-state index >= 15 is 0 Å². The Kier molecular flexibility index (Phi) is 6.23. The first kappa shape index (κ1) is 19.9. The molecule has 1 saturated heterocycles. The fraction of sp³-hybridized carbons (Fsp3) is 0.652. The molecule has 0 spiro atoms. The summed E-state index contributed by atoms with van der Waals surface area (Å²) in [5.74, 6) is 0.641.